The molecule has 2 atom stereocenters. The van der Waals surface area contributed by atoms with Crippen molar-refractivity contribution >= 4 is 17.7 Å². The predicted octanol–water partition coefficient (Wildman–Crippen LogP) is 4.14. The van der Waals surface area contributed by atoms with Crippen LogP contribution >= 0.6 is 0 Å². The van der Waals surface area contributed by atoms with Crippen LogP contribution in [-0.4, -0.2) is 38.8 Å². The maximum Gasteiger partial charge on any atom is 0.458 e. The molecule has 1 N–H and O–H groups in total. The predicted molar refractivity (Wildman–Crippen MR) is 104 cm³/mol. The zero-order chi connectivity index (χ0) is 23.7. The van der Waals surface area contributed by atoms with E-state index in [-0.39, 0.29) is 29.8 Å². The van der Waals surface area contributed by atoms with E-state index >= 15 is 0 Å². The van der Waals surface area contributed by atoms with E-state index in [0.29, 0.717) is 6.07 Å². The number of rotatable bonds is 4. The number of hydrogen-bond donors (Lipinski definition) is 1. The molecular formula is C20H20F5N5O2. The lowest BCUT2D eigenvalue weighted by Gasteiger charge is -2.33. The Morgan fingerprint density at radius 2 is 1.88 bits per heavy atom. The Morgan fingerprint density at radius 3 is 2.44 bits per heavy atom. The van der Waals surface area contributed by atoms with E-state index in [0.717, 1.165) is 12.5 Å². The van der Waals surface area contributed by atoms with Gasteiger partial charge in [0.2, 0.25) is 12.3 Å². The van der Waals surface area contributed by atoms with Gasteiger partial charge in [0.1, 0.15) is 17.3 Å². The van der Waals surface area contributed by atoms with Gasteiger partial charge in [-0.2, -0.15) is 22.0 Å². The van der Waals surface area contributed by atoms with Crippen molar-refractivity contribution in [3.8, 4) is 0 Å². The fourth-order valence-electron chi connectivity index (χ4n) is 3.61. The largest absolute Gasteiger partial charge is 0.458 e. The molecule has 2 aliphatic rings. The molecule has 172 valence electrons. The fraction of sp³-hybridized carbons (Fsp3) is 0.500. The molecule has 2 aromatic heterocycles. The Labute approximate surface area is 179 Å². The van der Waals surface area contributed by atoms with Crippen LogP contribution in [0.15, 0.2) is 27.9 Å². The Hall–Kier alpha value is -2.89. The maximum atomic E-state index is 14.6. The number of nitrogens with zero attached hydrogens (tertiary/aromatic N) is 5. The number of halogens is 5. The molecular weight excluding hydrogens is 437 g/mol. The van der Waals surface area contributed by atoms with Crippen molar-refractivity contribution in [3.05, 3.63) is 41.2 Å². The van der Waals surface area contributed by atoms with E-state index in [1.807, 2.05) is 0 Å². The lowest BCUT2D eigenvalue weighted by Crippen LogP contribution is -2.39. The van der Waals surface area contributed by atoms with Gasteiger partial charge < -0.3 is 14.4 Å². The average molecular weight is 457 g/mol. The molecule has 0 spiro atoms. The first-order chi connectivity index (χ1) is 14.7. The number of aliphatic hydroxyl groups is 1. The molecule has 2 aliphatic heterocycles. The highest BCUT2D eigenvalue weighted by Crippen LogP contribution is 2.49. The number of hydrogen-bond acceptors (Lipinski definition) is 7. The Morgan fingerprint density at radius 1 is 1.19 bits per heavy atom. The number of aromatic nitrogens is 3. The summed E-state index contributed by atoms with van der Waals surface area (Å²) in [5.74, 6) is -5.41. The lowest BCUT2D eigenvalue weighted by molar-refractivity contribution is -0.289. The van der Waals surface area contributed by atoms with Gasteiger partial charge >= 0.3 is 12.1 Å². The van der Waals surface area contributed by atoms with Crippen molar-refractivity contribution in [2.24, 2.45) is 10.9 Å². The molecule has 0 radical (unpaired) electrons. The number of alkyl halides is 5. The number of pyridine rings is 1. The van der Waals surface area contributed by atoms with Crippen LogP contribution in [0.5, 0.6) is 0 Å². The van der Waals surface area contributed by atoms with Crippen LogP contribution in [-0.2, 0) is 17.1 Å². The van der Waals surface area contributed by atoms with Crippen molar-refractivity contribution in [2.75, 3.05) is 11.4 Å². The quantitative estimate of drug-likeness (QED) is 0.695. The number of amidine groups is 1. The molecule has 12 heteroatoms. The van der Waals surface area contributed by atoms with E-state index in [2.05, 4.69) is 20.2 Å². The summed E-state index contributed by atoms with van der Waals surface area (Å²) < 4.78 is 74.4. The van der Waals surface area contributed by atoms with Gasteiger partial charge in [0.25, 0.3) is 0 Å². The summed E-state index contributed by atoms with van der Waals surface area (Å²) in [7, 11) is 0. The summed E-state index contributed by atoms with van der Waals surface area (Å²) >= 11 is 0. The minimum absolute atomic E-state index is 0.0131. The van der Waals surface area contributed by atoms with Crippen molar-refractivity contribution in [1.82, 2.24) is 15.2 Å². The van der Waals surface area contributed by atoms with E-state index in [4.69, 9.17) is 4.42 Å². The second kappa shape index (κ2) is 6.80. The van der Waals surface area contributed by atoms with Crippen molar-refractivity contribution < 1.29 is 31.5 Å². The third kappa shape index (κ3) is 3.19. The zero-order valence-electron chi connectivity index (χ0n) is 17.6. The fourth-order valence-corrected chi connectivity index (χ4v) is 3.61. The standard InChI is InChI=1S/C20H20F5N5O2/c1-10(2)18(4,31)13-7-12(19(21,22)20(23,24)25)11-5-6-14-28-17(3,16-29-26-9-32-16)8-30(14)15(11)27-13/h5-7,9-10,31H,8H2,1-4H3. The third-order valence-corrected chi connectivity index (χ3v) is 5.95. The highest BCUT2D eigenvalue weighted by molar-refractivity contribution is 6.13. The minimum atomic E-state index is -5.84. The molecule has 0 saturated heterocycles. The smallest absolute Gasteiger partial charge is 0.425 e. The monoisotopic (exact) mass is 457 g/mol. The molecule has 2 unspecified atom stereocenters. The molecule has 4 heterocycles. The van der Waals surface area contributed by atoms with E-state index in [1.165, 1.54) is 17.9 Å². The van der Waals surface area contributed by atoms with Crippen molar-refractivity contribution in [2.45, 2.75) is 50.9 Å². The van der Waals surface area contributed by atoms with Crippen LogP contribution in [0.4, 0.5) is 27.8 Å². The SMILES string of the molecule is CC(C)C(C)(O)c1cc(C(F)(F)C(F)(F)F)c2c(n1)N1CC(C)(c3nnco3)N=C1C=C2. The van der Waals surface area contributed by atoms with Crippen molar-refractivity contribution in [3.63, 3.8) is 0 Å². The van der Waals surface area contributed by atoms with Gasteiger partial charge in [0.15, 0.2) is 5.54 Å². The number of fused-ring (bicyclic) bond motifs is 3. The second-order valence-electron chi connectivity index (χ2n) is 8.57. The Bertz CT molecular complexity index is 1110. The molecule has 7 nitrogen and oxygen atoms in total. The molecule has 0 fully saturated rings. The zero-order valence-corrected chi connectivity index (χ0v) is 17.6. The van der Waals surface area contributed by atoms with Gasteiger partial charge in [0, 0.05) is 11.1 Å². The average Bonchev–Trinajstić information content (AvgIpc) is 3.34. The highest BCUT2D eigenvalue weighted by Gasteiger charge is 2.60. The Kier molecular flexibility index (Phi) is 4.74. The lowest BCUT2D eigenvalue weighted by atomic mass is 9.86. The van der Waals surface area contributed by atoms with Crippen LogP contribution in [0, 0.1) is 5.92 Å². The molecule has 0 aliphatic carbocycles. The first-order valence-electron chi connectivity index (χ1n) is 9.73. The van der Waals surface area contributed by atoms with Crippen LogP contribution in [0.2, 0.25) is 0 Å². The normalized spacial score (nSPS) is 22.6. The summed E-state index contributed by atoms with van der Waals surface area (Å²) in [6.07, 6.45) is -2.27. The van der Waals surface area contributed by atoms with E-state index < -0.39 is 40.3 Å². The molecule has 0 bridgehead atoms. The van der Waals surface area contributed by atoms with Gasteiger partial charge in [-0.05, 0) is 38.0 Å². The van der Waals surface area contributed by atoms with Crippen LogP contribution in [0.25, 0.3) is 6.08 Å². The van der Waals surface area contributed by atoms with Gasteiger partial charge in [0.05, 0.1) is 12.2 Å². The first kappa shape index (κ1) is 22.3. The van der Waals surface area contributed by atoms with Crippen molar-refractivity contribution in [1.29, 1.82) is 0 Å². The van der Waals surface area contributed by atoms with Crippen LogP contribution < -0.4 is 4.90 Å². The Balaban J connectivity index is 1.93. The van der Waals surface area contributed by atoms with Crippen LogP contribution in [0.3, 0.4) is 0 Å². The van der Waals surface area contributed by atoms with Gasteiger partial charge in [-0.15, -0.1) is 10.2 Å². The number of anilines is 1. The molecule has 2 aromatic rings. The van der Waals surface area contributed by atoms with Gasteiger partial charge in [-0.25, -0.2) is 9.98 Å². The first-order valence-corrected chi connectivity index (χ1v) is 9.73. The second-order valence-corrected chi connectivity index (χ2v) is 8.57. The van der Waals surface area contributed by atoms with Gasteiger partial charge in [-0.3, -0.25) is 0 Å². The summed E-state index contributed by atoms with van der Waals surface area (Å²) in [6.45, 7) is 6.22. The minimum Gasteiger partial charge on any atom is -0.425 e. The third-order valence-electron chi connectivity index (χ3n) is 5.95. The molecule has 0 aromatic carbocycles. The van der Waals surface area contributed by atoms with E-state index in [9.17, 15) is 27.1 Å². The van der Waals surface area contributed by atoms with Gasteiger partial charge in [-0.1, -0.05) is 13.8 Å². The summed E-state index contributed by atoms with van der Waals surface area (Å²) in [6, 6.07) is 0.631. The number of aliphatic imine (C=N–C) groups is 1. The molecule has 4 rings (SSSR count). The summed E-state index contributed by atoms with van der Waals surface area (Å²) in [4.78, 5) is 10.2. The van der Waals surface area contributed by atoms with E-state index in [1.54, 1.807) is 20.8 Å². The molecule has 0 saturated carbocycles. The molecule has 0 amide bonds. The summed E-state index contributed by atoms with van der Waals surface area (Å²) in [5, 5.41) is 18.3. The van der Waals surface area contributed by atoms with Crippen LogP contribution in [0.1, 0.15) is 50.4 Å². The molecule has 32 heavy (non-hydrogen) atoms. The summed E-state index contributed by atoms with van der Waals surface area (Å²) in [5.41, 5.74) is -4.81. The highest BCUT2D eigenvalue weighted by atomic mass is 19.4. The topological polar surface area (TPSA) is 87.6 Å². The maximum absolute atomic E-state index is 14.6.